The second kappa shape index (κ2) is 6.56. The van der Waals surface area contributed by atoms with E-state index < -0.39 is 0 Å². The smallest absolute Gasteiger partial charge is 0.323 e. The molecule has 1 heterocycles. The van der Waals surface area contributed by atoms with E-state index in [0.29, 0.717) is 12.4 Å². The van der Waals surface area contributed by atoms with Crippen LogP contribution in [0.2, 0.25) is 0 Å². The standard InChI is InChI=1S/C13H23N3O3/c1-8(2)11(13(17)19-6)14-7-10-9(3)15-16(4)12(10)18-5/h8,11,14H,7H2,1-6H3. The van der Waals surface area contributed by atoms with Gasteiger partial charge in [0.05, 0.1) is 25.5 Å². The summed E-state index contributed by atoms with van der Waals surface area (Å²) in [4.78, 5) is 11.7. The molecule has 0 radical (unpaired) electrons. The van der Waals surface area contributed by atoms with Crippen LogP contribution in [-0.4, -0.2) is 36.0 Å². The van der Waals surface area contributed by atoms with Gasteiger partial charge in [0.15, 0.2) is 0 Å². The Kier molecular flexibility index (Phi) is 5.35. The fraction of sp³-hybridized carbons (Fsp3) is 0.692. The third-order valence-electron chi connectivity index (χ3n) is 3.10. The summed E-state index contributed by atoms with van der Waals surface area (Å²) in [6.07, 6.45) is 0. The fourth-order valence-electron chi connectivity index (χ4n) is 2.07. The third-order valence-corrected chi connectivity index (χ3v) is 3.10. The lowest BCUT2D eigenvalue weighted by Crippen LogP contribution is -2.41. The highest BCUT2D eigenvalue weighted by Gasteiger charge is 2.24. The number of carbonyl (C=O) groups is 1. The maximum Gasteiger partial charge on any atom is 0.323 e. The van der Waals surface area contributed by atoms with Crippen LogP contribution >= 0.6 is 0 Å². The van der Waals surface area contributed by atoms with Crippen molar-refractivity contribution in [2.24, 2.45) is 13.0 Å². The van der Waals surface area contributed by atoms with E-state index in [1.807, 2.05) is 27.8 Å². The zero-order valence-corrected chi connectivity index (χ0v) is 12.5. The molecule has 0 aliphatic carbocycles. The van der Waals surface area contributed by atoms with Gasteiger partial charge in [-0.3, -0.25) is 10.1 Å². The lowest BCUT2D eigenvalue weighted by atomic mass is 10.0. The molecular weight excluding hydrogens is 246 g/mol. The number of ether oxygens (including phenoxy) is 2. The molecule has 0 aromatic carbocycles. The minimum atomic E-state index is -0.339. The zero-order chi connectivity index (χ0) is 14.6. The molecule has 0 saturated carbocycles. The van der Waals surface area contributed by atoms with E-state index in [2.05, 4.69) is 10.4 Å². The number of hydrogen-bond acceptors (Lipinski definition) is 5. The molecule has 0 bridgehead atoms. The Morgan fingerprint density at radius 2 is 2.05 bits per heavy atom. The van der Waals surface area contributed by atoms with E-state index >= 15 is 0 Å². The molecule has 1 aromatic rings. The highest BCUT2D eigenvalue weighted by Crippen LogP contribution is 2.21. The maximum atomic E-state index is 11.7. The molecule has 0 aliphatic heterocycles. The number of hydrogen-bond donors (Lipinski definition) is 1. The van der Waals surface area contributed by atoms with Gasteiger partial charge in [0.1, 0.15) is 6.04 Å². The maximum absolute atomic E-state index is 11.7. The van der Waals surface area contributed by atoms with Gasteiger partial charge in [-0.05, 0) is 12.8 Å². The minimum absolute atomic E-state index is 0.149. The Labute approximate surface area is 114 Å². The number of esters is 1. The summed E-state index contributed by atoms with van der Waals surface area (Å²) in [6, 6.07) is -0.339. The van der Waals surface area contributed by atoms with Crippen LogP contribution in [0, 0.1) is 12.8 Å². The van der Waals surface area contributed by atoms with Crippen molar-refractivity contribution in [3.8, 4) is 5.88 Å². The molecule has 0 aliphatic rings. The van der Waals surface area contributed by atoms with Crippen LogP contribution in [0.15, 0.2) is 0 Å². The van der Waals surface area contributed by atoms with Gasteiger partial charge in [0.25, 0.3) is 0 Å². The van der Waals surface area contributed by atoms with Gasteiger partial charge in [0.2, 0.25) is 5.88 Å². The first kappa shape index (κ1) is 15.5. The molecule has 1 N–H and O–H groups in total. The molecule has 1 rings (SSSR count). The number of aromatic nitrogens is 2. The average Bonchev–Trinajstić information content (AvgIpc) is 2.62. The topological polar surface area (TPSA) is 65.4 Å². The van der Waals surface area contributed by atoms with Crippen LogP contribution in [0.5, 0.6) is 5.88 Å². The van der Waals surface area contributed by atoms with Gasteiger partial charge in [0, 0.05) is 13.6 Å². The molecule has 0 spiro atoms. The van der Waals surface area contributed by atoms with E-state index in [1.54, 1.807) is 11.8 Å². The van der Waals surface area contributed by atoms with Crippen molar-refractivity contribution in [3.05, 3.63) is 11.3 Å². The first-order valence-corrected chi connectivity index (χ1v) is 6.30. The SMILES string of the molecule is COC(=O)C(NCc1c(C)nn(C)c1OC)C(C)C. The lowest BCUT2D eigenvalue weighted by Gasteiger charge is -2.20. The summed E-state index contributed by atoms with van der Waals surface area (Å²) in [7, 11) is 4.84. The predicted octanol–water partition coefficient (Wildman–Crippen LogP) is 1.02. The third kappa shape index (κ3) is 3.47. The number of aryl methyl sites for hydroxylation is 2. The summed E-state index contributed by atoms with van der Waals surface area (Å²) in [5.41, 5.74) is 1.85. The summed E-state index contributed by atoms with van der Waals surface area (Å²) in [6.45, 7) is 6.38. The highest BCUT2D eigenvalue weighted by molar-refractivity contribution is 5.75. The molecule has 1 atom stereocenters. The Hall–Kier alpha value is -1.56. The van der Waals surface area contributed by atoms with Gasteiger partial charge >= 0.3 is 5.97 Å². The van der Waals surface area contributed by atoms with Crippen LogP contribution in [0.4, 0.5) is 0 Å². The summed E-state index contributed by atoms with van der Waals surface area (Å²) in [5, 5.41) is 7.51. The Morgan fingerprint density at radius 3 is 2.53 bits per heavy atom. The van der Waals surface area contributed by atoms with E-state index in [9.17, 15) is 4.79 Å². The molecule has 0 saturated heterocycles. The molecule has 0 amide bonds. The minimum Gasteiger partial charge on any atom is -0.481 e. The second-order valence-electron chi connectivity index (χ2n) is 4.82. The van der Waals surface area contributed by atoms with Crippen molar-refractivity contribution in [1.82, 2.24) is 15.1 Å². The second-order valence-corrected chi connectivity index (χ2v) is 4.82. The van der Waals surface area contributed by atoms with E-state index in [1.165, 1.54) is 7.11 Å². The molecule has 1 unspecified atom stereocenters. The quantitative estimate of drug-likeness (QED) is 0.781. The van der Waals surface area contributed by atoms with Crippen molar-refractivity contribution in [2.75, 3.05) is 14.2 Å². The van der Waals surface area contributed by atoms with Crippen molar-refractivity contribution in [1.29, 1.82) is 0 Å². The van der Waals surface area contributed by atoms with Crippen molar-refractivity contribution < 1.29 is 14.3 Å². The zero-order valence-electron chi connectivity index (χ0n) is 12.5. The molecular formula is C13H23N3O3. The first-order valence-electron chi connectivity index (χ1n) is 6.30. The van der Waals surface area contributed by atoms with Crippen molar-refractivity contribution in [3.63, 3.8) is 0 Å². The molecule has 6 nitrogen and oxygen atoms in total. The van der Waals surface area contributed by atoms with E-state index in [0.717, 1.165) is 11.3 Å². The summed E-state index contributed by atoms with van der Waals surface area (Å²) < 4.78 is 11.8. The summed E-state index contributed by atoms with van der Waals surface area (Å²) in [5.74, 6) is 0.600. The Bertz CT molecular complexity index is 441. The number of nitrogens with zero attached hydrogens (tertiary/aromatic N) is 2. The van der Waals surface area contributed by atoms with Crippen LogP contribution in [0.25, 0.3) is 0 Å². The van der Waals surface area contributed by atoms with Gasteiger partial charge in [-0.1, -0.05) is 13.8 Å². The normalized spacial score (nSPS) is 12.6. The van der Waals surface area contributed by atoms with Crippen LogP contribution in [-0.2, 0) is 23.1 Å². The lowest BCUT2D eigenvalue weighted by molar-refractivity contribution is -0.144. The van der Waals surface area contributed by atoms with Crippen LogP contribution < -0.4 is 10.1 Å². The largest absolute Gasteiger partial charge is 0.481 e. The number of carbonyl (C=O) groups excluding carboxylic acids is 1. The van der Waals surface area contributed by atoms with Gasteiger partial charge < -0.3 is 9.47 Å². The van der Waals surface area contributed by atoms with Gasteiger partial charge in [-0.2, -0.15) is 5.10 Å². The predicted molar refractivity (Wildman–Crippen MR) is 72.0 cm³/mol. The van der Waals surface area contributed by atoms with Crippen LogP contribution in [0.3, 0.4) is 0 Å². The van der Waals surface area contributed by atoms with Crippen LogP contribution in [0.1, 0.15) is 25.1 Å². The van der Waals surface area contributed by atoms with E-state index in [-0.39, 0.29) is 17.9 Å². The first-order chi connectivity index (χ1) is 8.92. The molecule has 1 aromatic heterocycles. The molecule has 108 valence electrons. The average molecular weight is 269 g/mol. The Balaban J connectivity index is 2.82. The fourth-order valence-corrected chi connectivity index (χ4v) is 2.07. The van der Waals surface area contributed by atoms with Crippen molar-refractivity contribution >= 4 is 5.97 Å². The highest BCUT2D eigenvalue weighted by atomic mass is 16.5. The van der Waals surface area contributed by atoms with Gasteiger partial charge in [-0.15, -0.1) is 0 Å². The molecule has 19 heavy (non-hydrogen) atoms. The molecule has 0 fully saturated rings. The number of nitrogens with one attached hydrogen (secondary N) is 1. The van der Waals surface area contributed by atoms with E-state index in [4.69, 9.17) is 9.47 Å². The summed E-state index contributed by atoms with van der Waals surface area (Å²) >= 11 is 0. The Morgan fingerprint density at radius 1 is 1.42 bits per heavy atom. The monoisotopic (exact) mass is 269 g/mol. The van der Waals surface area contributed by atoms with Crippen molar-refractivity contribution in [2.45, 2.75) is 33.4 Å². The van der Waals surface area contributed by atoms with Gasteiger partial charge in [-0.25, -0.2) is 4.68 Å². The molecule has 6 heteroatoms. The number of methoxy groups -OCH3 is 2. The number of rotatable bonds is 6.